The Morgan fingerprint density at radius 3 is 2.52 bits per heavy atom. The second-order valence-corrected chi connectivity index (χ2v) is 8.13. The third-order valence-electron chi connectivity index (χ3n) is 5.34. The number of ether oxygens (including phenoxy) is 1. The lowest BCUT2D eigenvalue weighted by molar-refractivity contribution is -0.144. The molecule has 0 amide bonds. The predicted molar refractivity (Wildman–Crippen MR) is 102 cm³/mol. The number of piperidine rings is 1. The van der Waals surface area contributed by atoms with E-state index in [1.54, 1.807) is 7.11 Å². The average molecular weight is 365 g/mol. The van der Waals surface area contributed by atoms with E-state index in [9.17, 15) is 9.90 Å². The number of aryl methyl sites for hydroxylation is 1. The number of hydrogen-bond donors (Lipinski definition) is 1. The first kappa shape index (κ1) is 18.5. The highest BCUT2D eigenvalue weighted by molar-refractivity contribution is 7.99. The molecule has 5 nitrogen and oxygen atoms in total. The lowest BCUT2D eigenvalue weighted by atomic mass is 9.96. The third kappa shape index (κ3) is 4.30. The molecule has 2 heterocycles. The molecule has 0 saturated carbocycles. The van der Waals surface area contributed by atoms with Crippen molar-refractivity contribution in [3.8, 4) is 5.75 Å². The third-order valence-corrected chi connectivity index (χ3v) is 6.28. The lowest BCUT2D eigenvalue weighted by Gasteiger charge is -2.41. The largest absolute Gasteiger partial charge is 0.496 e. The Hall–Kier alpha value is -1.24. The van der Waals surface area contributed by atoms with Crippen molar-refractivity contribution in [1.82, 2.24) is 9.80 Å². The van der Waals surface area contributed by atoms with E-state index >= 15 is 0 Å². The summed E-state index contributed by atoms with van der Waals surface area (Å²) in [4.78, 5) is 16.8. The van der Waals surface area contributed by atoms with Crippen molar-refractivity contribution >= 4 is 17.7 Å². The van der Waals surface area contributed by atoms with E-state index < -0.39 is 12.0 Å². The summed E-state index contributed by atoms with van der Waals surface area (Å²) in [6, 6.07) is 5.75. The van der Waals surface area contributed by atoms with Crippen molar-refractivity contribution < 1.29 is 14.6 Å². The molecule has 2 aliphatic heterocycles. The second-order valence-electron chi connectivity index (χ2n) is 6.90. The van der Waals surface area contributed by atoms with Crippen LogP contribution in [0.3, 0.4) is 0 Å². The van der Waals surface area contributed by atoms with Crippen molar-refractivity contribution in [3.05, 3.63) is 29.3 Å². The highest BCUT2D eigenvalue weighted by Crippen LogP contribution is 2.33. The molecule has 1 aromatic rings. The van der Waals surface area contributed by atoms with Crippen molar-refractivity contribution in [2.45, 2.75) is 31.8 Å². The Labute approximate surface area is 154 Å². The first-order chi connectivity index (χ1) is 12.1. The number of methoxy groups -OCH3 is 1. The minimum atomic E-state index is -0.795. The lowest BCUT2D eigenvalue weighted by Crippen LogP contribution is -2.49. The quantitative estimate of drug-likeness (QED) is 0.867. The normalized spacial score (nSPS) is 21.8. The maximum atomic E-state index is 12.1. The summed E-state index contributed by atoms with van der Waals surface area (Å²) in [6.07, 6.45) is 2.09. The number of hydrogen-bond acceptors (Lipinski definition) is 5. The summed E-state index contributed by atoms with van der Waals surface area (Å²) in [5, 5.41) is 9.89. The van der Waals surface area contributed by atoms with E-state index in [0.717, 1.165) is 37.1 Å². The Morgan fingerprint density at radius 1 is 1.24 bits per heavy atom. The van der Waals surface area contributed by atoms with E-state index in [4.69, 9.17) is 4.74 Å². The summed E-state index contributed by atoms with van der Waals surface area (Å²) < 4.78 is 5.44. The van der Waals surface area contributed by atoms with Gasteiger partial charge in [-0.15, -0.1) is 0 Å². The van der Waals surface area contributed by atoms with Gasteiger partial charge in [0.2, 0.25) is 0 Å². The zero-order chi connectivity index (χ0) is 17.8. The zero-order valence-corrected chi connectivity index (χ0v) is 15.9. The highest BCUT2D eigenvalue weighted by atomic mass is 32.2. The summed E-state index contributed by atoms with van der Waals surface area (Å²) in [7, 11) is 1.60. The Balaban J connectivity index is 1.72. The zero-order valence-electron chi connectivity index (χ0n) is 15.1. The van der Waals surface area contributed by atoms with E-state index in [1.165, 1.54) is 24.6 Å². The number of rotatable bonds is 5. The molecule has 138 valence electrons. The molecule has 0 aliphatic carbocycles. The molecule has 2 aliphatic rings. The number of benzene rings is 1. The van der Waals surface area contributed by atoms with Gasteiger partial charge in [0, 0.05) is 49.3 Å². The summed E-state index contributed by atoms with van der Waals surface area (Å²) in [5.74, 6) is 2.31. The Kier molecular flexibility index (Phi) is 6.25. The molecular formula is C19H28N2O3S. The van der Waals surface area contributed by atoms with E-state index in [2.05, 4.69) is 9.80 Å². The molecule has 2 fully saturated rings. The first-order valence-electron chi connectivity index (χ1n) is 9.03. The number of aliphatic carboxylic acids is 1. The van der Waals surface area contributed by atoms with Crippen molar-refractivity contribution in [2.75, 3.05) is 44.8 Å². The molecule has 0 bridgehead atoms. The highest BCUT2D eigenvalue weighted by Gasteiger charge is 2.34. The fourth-order valence-electron chi connectivity index (χ4n) is 4.01. The van der Waals surface area contributed by atoms with Crippen LogP contribution in [0.2, 0.25) is 0 Å². The van der Waals surface area contributed by atoms with Crippen LogP contribution in [-0.4, -0.2) is 71.7 Å². The molecular weight excluding hydrogens is 336 g/mol. The first-order valence-corrected chi connectivity index (χ1v) is 10.2. The maximum Gasteiger partial charge on any atom is 0.325 e. The molecule has 2 saturated heterocycles. The molecule has 25 heavy (non-hydrogen) atoms. The van der Waals surface area contributed by atoms with Crippen molar-refractivity contribution in [1.29, 1.82) is 0 Å². The fourth-order valence-corrected chi connectivity index (χ4v) is 4.94. The molecule has 0 aromatic heterocycles. The van der Waals surface area contributed by atoms with Gasteiger partial charge in [-0.1, -0.05) is 17.7 Å². The van der Waals surface area contributed by atoms with Crippen LogP contribution in [0.15, 0.2) is 18.2 Å². The predicted octanol–water partition coefficient (Wildman–Crippen LogP) is 2.64. The fraction of sp³-hybridized carbons (Fsp3) is 0.632. The molecule has 1 aromatic carbocycles. The standard InChI is InChI=1S/C19H28N2O3S/c1-14-3-4-17(24-2)16(13-14)18(19(22)23)21-7-5-15(6-8-21)20-9-11-25-12-10-20/h3-4,13,15,18H,5-12H2,1-2H3,(H,22,23). The Bertz CT molecular complexity index is 596. The maximum absolute atomic E-state index is 12.1. The van der Waals surface area contributed by atoms with Crippen LogP contribution in [0.25, 0.3) is 0 Å². The van der Waals surface area contributed by atoms with Crippen molar-refractivity contribution in [3.63, 3.8) is 0 Å². The molecule has 1 atom stereocenters. The van der Waals surface area contributed by atoms with Crippen LogP contribution < -0.4 is 4.74 Å². The number of likely N-dealkylation sites (tertiary alicyclic amines) is 1. The van der Waals surface area contributed by atoms with Gasteiger partial charge in [-0.05, 0) is 25.8 Å². The van der Waals surface area contributed by atoms with E-state index in [0.29, 0.717) is 11.8 Å². The molecule has 0 spiro atoms. The smallest absolute Gasteiger partial charge is 0.325 e. The van der Waals surface area contributed by atoms with Crippen LogP contribution in [0.1, 0.15) is 30.0 Å². The minimum absolute atomic E-state index is 0.603. The Morgan fingerprint density at radius 2 is 1.92 bits per heavy atom. The van der Waals surface area contributed by atoms with Gasteiger partial charge in [0.1, 0.15) is 11.8 Å². The topological polar surface area (TPSA) is 53.0 Å². The molecule has 3 rings (SSSR count). The van der Waals surface area contributed by atoms with Gasteiger partial charge in [0.15, 0.2) is 0 Å². The molecule has 0 radical (unpaired) electrons. The molecule has 1 N–H and O–H groups in total. The number of nitrogens with zero attached hydrogens (tertiary/aromatic N) is 2. The summed E-state index contributed by atoms with van der Waals surface area (Å²) >= 11 is 2.03. The van der Waals surface area contributed by atoms with Crippen LogP contribution >= 0.6 is 11.8 Å². The summed E-state index contributed by atoms with van der Waals surface area (Å²) in [6.45, 7) is 5.97. The van der Waals surface area contributed by atoms with Crippen LogP contribution in [-0.2, 0) is 4.79 Å². The van der Waals surface area contributed by atoms with E-state index in [-0.39, 0.29) is 0 Å². The number of carboxylic acid groups (broad SMARTS) is 1. The summed E-state index contributed by atoms with van der Waals surface area (Å²) in [5.41, 5.74) is 1.82. The van der Waals surface area contributed by atoms with Crippen molar-refractivity contribution in [2.24, 2.45) is 0 Å². The molecule has 1 unspecified atom stereocenters. The monoisotopic (exact) mass is 364 g/mol. The van der Waals surface area contributed by atoms with E-state index in [1.807, 2.05) is 36.9 Å². The van der Waals surface area contributed by atoms with Gasteiger partial charge in [0.05, 0.1) is 7.11 Å². The van der Waals surface area contributed by atoms with Gasteiger partial charge < -0.3 is 9.84 Å². The molecule has 6 heteroatoms. The van der Waals surface area contributed by atoms with Gasteiger partial charge in [0.25, 0.3) is 0 Å². The second kappa shape index (κ2) is 8.43. The SMILES string of the molecule is COc1ccc(C)cc1C(C(=O)O)N1CCC(N2CCSCC2)CC1. The minimum Gasteiger partial charge on any atom is -0.496 e. The van der Waals surface area contributed by atoms with Crippen LogP contribution in [0.4, 0.5) is 0 Å². The number of thioether (sulfide) groups is 1. The van der Waals surface area contributed by atoms with Crippen LogP contribution in [0, 0.1) is 6.92 Å². The van der Waals surface area contributed by atoms with Gasteiger partial charge in [-0.3, -0.25) is 14.6 Å². The average Bonchev–Trinajstić information content (AvgIpc) is 2.63. The number of carbonyl (C=O) groups is 1. The van der Waals surface area contributed by atoms with Gasteiger partial charge in [-0.2, -0.15) is 11.8 Å². The van der Waals surface area contributed by atoms with Gasteiger partial charge >= 0.3 is 5.97 Å². The van der Waals surface area contributed by atoms with Crippen LogP contribution in [0.5, 0.6) is 5.75 Å². The number of carboxylic acids is 1. The van der Waals surface area contributed by atoms with Gasteiger partial charge in [-0.25, -0.2) is 0 Å².